The van der Waals surface area contributed by atoms with Gasteiger partial charge in [-0.3, -0.25) is 14.2 Å². The third kappa shape index (κ3) is 4.35. The molecule has 1 N–H and O–H groups in total. The van der Waals surface area contributed by atoms with Gasteiger partial charge in [0.2, 0.25) is 5.91 Å². The van der Waals surface area contributed by atoms with Crippen LogP contribution in [0.1, 0.15) is 33.2 Å². The third-order valence-electron chi connectivity index (χ3n) is 4.57. The molecule has 0 radical (unpaired) electrons. The van der Waals surface area contributed by atoms with Crippen LogP contribution in [-0.4, -0.2) is 46.7 Å². The topological polar surface area (TPSA) is 98.1 Å². The largest absolute Gasteiger partial charge is 0.349 e. The number of hydrogen-bond donors (Lipinski definition) is 1. The number of carbonyl (C=O) groups is 1. The average molecular weight is 410 g/mol. The minimum atomic E-state index is -3.09. The Morgan fingerprint density at radius 2 is 2.07 bits per heavy atom. The van der Waals surface area contributed by atoms with E-state index in [0.29, 0.717) is 22.5 Å². The second kappa shape index (κ2) is 7.27. The number of benzene rings is 1. The molecule has 27 heavy (non-hydrogen) atoms. The molecule has 1 aromatic heterocycles. The van der Waals surface area contributed by atoms with Crippen molar-refractivity contribution in [2.45, 2.75) is 43.9 Å². The highest BCUT2D eigenvalue weighted by atomic mass is 32.2. The van der Waals surface area contributed by atoms with Crippen LogP contribution in [0, 0.1) is 0 Å². The molecule has 3 rings (SSSR count). The summed E-state index contributed by atoms with van der Waals surface area (Å²) in [7, 11) is -3.09. The van der Waals surface area contributed by atoms with Crippen LogP contribution < -0.4 is 10.9 Å². The molecule has 1 amide bonds. The zero-order chi connectivity index (χ0) is 19.8. The van der Waals surface area contributed by atoms with Crippen LogP contribution in [0.5, 0.6) is 0 Å². The Kier molecular flexibility index (Phi) is 5.36. The van der Waals surface area contributed by atoms with E-state index in [4.69, 9.17) is 0 Å². The molecule has 0 aliphatic carbocycles. The predicted molar refractivity (Wildman–Crippen MR) is 107 cm³/mol. The lowest BCUT2D eigenvalue weighted by Crippen LogP contribution is -2.47. The minimum absolute atomic E-state index is 0.0403. The van der Waals surface area contributed by atoms with E-state index in [1.165, 1.54) is 11.8 Å². The Balaban J connectivity index is 1.79. The van der Waals surface area contributed by atoms with E-state index in [2.05, 4.69) is 10.3 Å². The molecule has 9 heteroatoms. The SMILES string of the molecule is CC(C)n1c(SCC(=O)N[C@@]2(C)CCS(=O)(=O)C2)nc2ccccc2c1=O. The molecule has 1 fully saturated rings. The van der Waals surface area contributed by atoms with E-state index >= 15 is 0 Å². The normalized spacial score (nSPS) is 21.6. The van der Waals surface area contributed by atoms with Gasteiger partial charge in [-0.25, -0.2) is 13.4 Å². The summed E-state index contributed by atoms with van der Waals surface area (Å²) >= 11 is 1.18. The van der Waals surface area contributed by atoms with Crippen molar-refractivity contribution in [1.82, 2.24) is 14.9 Å². The zero-order valence-corrected chi connectivity index (χ0v) is 17.2. The Labute approximate surface area is 162 Å². The number of rotatable bonds is 5. The summed E-state index contributed by atoms with van der Waals surface area (Å²) in [5, 5.41) is 3.85. The second-order valence-electron chi connectivity index (χ2n) is 7.42. The smallest absolute Gasteiger partial charge is 0.262 e. The molecule has 0 unspecified atom stereocenters. The van der Waals surface area contributed by atoms with Crippen molar-refractivity contribution in [3.05, 3.63) is 34.6 Å². The maximum atomic E-state index is 12.8. The lowest BCUT2D eigenvalue weighted by atomic mass is 10.0. The Hall–Kier alpha value is -1.87. The quantitative estimate of drug-likeness (QED) is 0.597. The number of fused-ring (bicyclic) bond motifs is 1. The summed E-state index contributed by atoms with van der Waals surface area (Å²) in [5.41, 5.74) is -0.270. The number of amides is 1. The van der Waals surface area contributed by atoms with Gasteiger partial charge in [-0.05, 0) is 39.3 Å². The van der Waals surface area contributed by atoms with Crippen LogP contribution >= 0.6 is 11.8 Å². The van der Waals surface area contributed by atoms with Gasteiger partial charge < -0.3 is 5.32 Å². The van der Waals surface area contributed by atoms with Crippen molar-refractivity contribution in [2.24, 2.45) is 0 Å². The fraction of sp³-hybridized carbons (Fsp3) is 0.500. The van der Waals surface area contributed by atoms with E-state index in [0.717, 1.165) is 0 Å². The standard InChI is InChI=1S/C18H23N3O4S2/c1-12(2)21-16(23)13-6-4-5-7-14(13)19-17(21)26-10-15(22)20-18(3)8-9-27(24,25)11-18/h4-7,12H,8-11H2,1-3H3,(H,20,22)/t18-/m0/s1. The molecule has 1 aromatic carbocycles. The number of hydrogen-bond acceptors (Lipinski definition) is 6. The van der Waals surface area contributed by atoms with E-state index in [9.17, 15) is 18.0 Å². The molecular weight excluding hydrogens is 386 g/mol. The molecule has 1 saturated heterocycles. The molecular formula is C18H23N3O4S2. The number of carbonyl (C=O) groups excluding carboxylic acids is 1. The van der Waals surface area contributed by atoms with Crippen LogP contribution in [0.4, 0.5) is 0 Å². The summed E-state index contributed by atoms with van der Waals surface area (Å²) in [5.74, 6) is -0.151. The summed E-state index contributed by atoms with van der Waals surface area (Å²) in [4.78, 5) is 29.7. The molecule has 0 bridgehead atoms. The van der Waals surface area contributed by atoms with E-state index in [1.807, 2.05) is 19.9 Å². The first-order valence-corrected chi connectivity index (χ1v) is 11.6. The second-order valence-corrected chi connectivity index (χ2v) is 10.5. The van der Waals surface area contributed by atoms with Gasteiger partial charge in [-0.1, -0.05) is 23.9 Å². The monoisotopic (exact) mass is 409 g/mol. The molecule has 0 saturated carbocycles. The van der Waals surface area contributed by atoms with Gasteiger partial charge in [0.1, 0.15) is 0 Å². The van der Waals surface area contributed by atoms with E-state index < -0.39 is 15.4 Å². The molecule has 1 aliphatic rings. The van der Waals surface area contributed by atoms with E-state index in [-0.39, 0.29) is 34.8 Å². The molecule has 7 nitrogen and oxygen atoms in total. The number of para-hydroxylation sites is 1. The maximum absolute atomic E-state index is 12.8. The fourth-order valence-electron chi connectivity index (χ4n) is 3.29. The van der Waals surface area contributed by atoms with Gasteiger partial charge in [-0.15, -0.1) is 0 Å². The molecule has 2 aromatic rings. The van der Waals surface area contributed by atoms with Crippen molar-refractivity contribution in [1.29, 1.82) is 0 Å². The number of aromatic nitrogens is 2. The first kappa shape index (κ1) is 19.9. The van der Waals surface area contributed by atoms with Crippen LogP contribution in [0.3, 0.4) is 0 Å². The van der Waals surface area contributed by atoms with Crippen molar-refractivity contribution in [2.75, 3.05) is 17.3 Å². The van der Waals surface area contributed by atoms with Crippen LogP contribution in [-0.2, 0) is 14.6 Å². The van der Waals surface area contributed by atoms with Gasteiger partial charge in [-0.2, -0.15) is 0 Å². The highest BCUT2D eigenvalue weighted by Gasteiger charge is 2.39. The maximum Gasteiger partial charge on any atom is 0.262 e. The summed E-state index contributed by atoms with van der Waals surface area (Å²) in [6.07, 6.45) is 0.413. The molecule has 2 heterocycles. The lowest BCUT2D eigenvalue weighted by Gasteiger charge is -2.24. The summed E-state index contributed by atoms with van der Waals surface area (Å²) < 4.78 is 25.0. The van der Waals surface area contributed by atoms with Crippen molar-refractivity contribution < 1.29 is 13.2 Å². The summed E-state index contributed by atoms with van der Waals surface area (Å²) in [6.45, 7) is 5.54. The number of nitrogens with one attached hydrogen (secondary N) is 1. The van der Waals surface area contributed by atoms with Crippen LogP contribution in [0.25, 0.3) is 10.9 Å². The highest BCUT2D eigenvalue weighted by molar-refractivity contribution is 7.99. The lowest BCUT2D eigenvalue weighted by molar-refractivity contribution is -0.120. The minimum Gasteiger partial charge on any atom is -0.349 e. The number of nitrogens with zero attached hydrogens (tertiary/aromatic N) is 2. The molecule has 146 valence electrons. The van der Waals surface area contributed by atoms with Gasteiger partial charge >= 0.3 is 0 Å². The number of sulfone groups is 1. The first-order chi connectivity index (χ1) is 12.6. The first-order valence-electron chi connectivity index (χ1n) is 8.76. The van der Waals surface area contributed by atoms with Gasteiger partial charge in [0.05, 0.1) is 33.7 Å². The fourth-order valence-corrected chi connectivity index (χ4v) is 6.32. The molecule has 1 aliphatic heterocycles. The zero-order valence-electron chi connectivity index (χ0n) is 15.6. The van der Waals surface area contributed by atoms with Crippen LogP contribution in [0.15, 0.2) is 34.2 Å². The summed E-state index contributed by atoms with van der Waals surface area (Å²) in [6, 6.07) is 7.03. The van der Waals surface area contributed by atoms with Crippen molar-refractivity contribution in [3.63, 3.8) is 0 Å². The van der Waals surface area contributed by atoms with Crippen LogP contribution in [0.2, 0.25) is 0 Å². The average Bonchev–Trinajstić information content (AvgIpc) is 2.85. The van der Waals surface area contributed by atoms with E-state index in [1.54, 1.807) is 29.7 Å². The highest BCUT2D eigenvalue weighted by Crippen LogP contribution is 2.24. The Morgan fingerprint density at radius 3 is 2.70 bits per heavy atom. The van der Waals surface area contributed by atoms with Gasteiger partial charge in [0.15, 0.2) is 15.0 Å². The van der Waals surface area contributed by atoms with Gasteiger partial charge in [0, 0.05) is 6.04 Å². The Bertz CT molecular complexity index is 1050. The van der Waals surface area contributed by atoms with Crippen molar-refractivity contribution in [3.8, 4) is 0 Å². The molecule has 1 atom stereocenters. The Morgan fingerprint density at radius 1 is 1.37 bits per heavy atom. The predicted octanol–water partition coefficient (Wildman–Crippen LogP) is 1.76. The van der Waals surface area contributed by atoms with Crippen molar-refractivity contribution >= 4 is 38.4 Å². The van der Waals surface area contributed by atoms with Gasteiger partial charge in [0.25, 0.3) is 5.56 Å². The third-order valence-corrected chi connectivity index (χ3v) is 7.42. The number of thioether (sulfide) groups is 1. The molecule has 0 spiro atoms.